The number of carbonyl (C=O) groups is 1. The van der Waals surface area contributed by atoms with Gasteiger partial charge >= 0.3 is 6.18 Å². The van der Waals surface area contributed by atoms with Gasteiger partial charge < -0.3 is 10.6 Å². The smallest absolute Gasteiger partial charge is 0.368 e. The van der Waals surface area contributed by atoms with E-state index in [0.29, 0.717) is 23.4 Å². The van der Waals surface area contributed by atoms with Gasteiger partial charge in [0.25, 0.3) is 5.69 Å². The molecule has 0 saturated heterocycles. The molecular formula is C17H13F3N4O3. The Hall–Kier alpha value is -3.61. The third-order valence-corrected chi connectivity index (χ3v) is 3.55. The van der Waals surface area contributed by atoms with E-state index in [1.165, 1.54) is 13.0 Å². The average Bonchev–Trinajstić information content (AvgIpc) is 2.60. The molecule has 0 bridgehead atoms. The first-order chi connectivity index (χ1) is 12.6. The zero-order valence-corrected chi connectivity index (χ0v) is 13.9. The molecule has 1 atom stereocenters. The average molecular weight is 378 g/mol. The molecule has 7 nitrogen and oxygen atoms in total. The molecule has 2 rings (SSSR count). The summed E-state index contributed by atoms with van der Waals surface area (Å²) in [6.07, 6.45) is -4.72. The largest absolute Gasteiger partial charge is 0.416 e. The summed E-state index contributed by atoms with van der Waals surface area (Å²) in [5.74, 6) is -0.584. The Bertz CT molecular complexity index is 922. The Morgan fingerprint density at radius 3 is 2.56 bits per heavy atom. The van der Waals surface area contributed by atoms with Crippen LogP contribution in [0.1, 0.15) is 18.1 Å². The molecule has 0 aliphatic rings. The van der Waals surface area contributed by atoms with Crippen molar-refractivity contribution >= 4 is 23.0 Å². The highest BCUT2D eigenvalue weighted by molar-refractivity contribution is 5.96. The van der Waals surface area contributed by atoms with Crippen molar-refractivity contribution in [2.24, 2.45) is 0 Å². The van der Waals surface area contributed by atoms with Crippen molar-refractivity contribution in [1.82, 2.24) is 0 Å². The Labute approximate surface area is 151 Å². The van der Waals surface area contributed by atoms with Gasteiger partial charge in [-0.3, -0.25) is 14.9 Å². The first-order valence-electron chi connectivity index (χ1n) is 7.55. The number of anilines is 2. The number of amides is 1. The van der Waals surface area contributed by atoms with Crippen molar-refractivity contribution in [2.45, 2.75) is 19.1 Å². The van der Waals surface area contributed by atoms with Gasteiger partial charge in [0.1, 0.15) is 11.7 Å². The van der Waals surface area contributed by atoms with Crippen LogP contribution in [-0.4, -0.2) is 16.9 Å². The molecular weight excluding hydrogens is 365 g/mol. The highest BCUT2D eigenvalue weighted by Crippen LogP contribution is 2.35. The summed E-state index contributed by atoms with van der Waals surface area (Å²) in [5.41, 5.74) is -1.51. The summed E-state index contributed by atoms with van der Waals surface area (Å²) in [6, 6.07) is 9.01. The maximum Gasteiger partial charge on any atom is 0.416 e. The minimum atomic E-state index is -4.72. The van der Waals surface area contributed by atoms with E-state index in [4.69, 9.17) is 5.26 Å². The van der Waals surface area contributed by atoms with Crippen LogP contribution in [0.2, 0.25) is 0 Å². The Balaban J connectivity index is 2.19. The maximum atomic E-state index is 12.7. The molecule has 2 aromatic rings. The fourth-order valence-corrected chi connectivity index (χ4v) is 2.20. The van der Waals surface area contributed by atoms with Gasteiger partial charge in [-0.25, -0.2) is 0 Å². The molecule has 0 heterocycles. The number of nitro benzene ring substituents is 1. The number of alkyl halides is 3. The molecule has 2 aromatic carbocycles. The molecule has 1 amide bonds. The minimum absolute atomic E-state index is 0.221. The molecule has 27 heavy (non-hydrogen) atoms. The van der Waals surface area contributed by atoms with Crippen LogP contribution in [0.3, 0.4) is 0 Å². The molecule has 0 unspecified atom stereocenters. The molecule has 2 N–H and O–H groups in total. The van der Waals surface area contributed by atoms with Gasteiger partial charge in [-0.05, 0) is 37.3 Å². The van der Waals surface area contributed by atoms with Gasteiger partial charge in [-0.2, -0.15) is 18.4 Å². The van der Waals surface area contributed by atoms with E-state index in [1.807, 2.05) is 6.07 Å². The number of hydrogen-bond acceptors (Lipinski definition) is 5. The predicted molar refractivity (Wildman–Crippen MR) is 91.0 cm³/mol. The van der Waals surface area contributed by atoms with Crippen LogP contribution in [0.25, 0.3) is 0 Å². The van der Waals surface area contributed by atoms with Crippen LogP contribution >= 0.6 is 0 Å². The fraction of sp³-hybridized carbons (Fsp3) is 0.176. The van der Waals surface area contributed by atoms with Crippen molar-refractivity contribution in [3.63, 3.8) is 0 Å². The summed E-state index contributed by atoms with van der Waals surface area (Å²) >= 11 is 0. The lowest BCUT2D eigenvalue weighted by molar-refractivity contribution is -0.384. The SMILES string of the molecule is C[C@H](Nc1ccc(C(F)(F)F)cc1[N+](=O)[O-])C(=O)Nc1cccc(C#N)c1. The Morgan fingerprint density at radius 1 is 1.26 bits per heavy atom. The molecule has 0 fully saturated rings. The zero-order chi connectivity index (χ0) is 20.2. The van der Waals surface area contributed by atoms with E-state index in [9.17, 15) is 28.1 Å². The number of nitrogens with one attached hydrogen (secondary N) is 2. The summed E-state index contributed by atoms with van der Waals surface area (Å²) in [5, 5.41) is 25.0. The van der Waals surface area contributed by atoms with E-state index in [1.54, 1.807) is 18.2 Å². The van der Waals surface area contributed by atoms with Crippen molar-refractivity contribution in [3.8, 4) is 6.07 Å². The highest BCUT2D eigenvalue weighted by atomic mass is 19.4. The lowest BCUT2D eigenvalue weighted by atomic mass is 10.1. The molecule has 0 aromatic heterocycles. The van der Waals surface area contributed by atoms with Crippen LogP contribution in [0, 0.1) is 21.4 Å². The van der Waals surface area contributed by atoms with Gasteiger partial charge in [-0.1, -0.05) is 6.07 Å². The van der Waals surface area contributed by atoms with Crippen molar-refractivity contribution < 1.29 is 22.9 Å². The second-order valence-corrected chi connectivity index (χ2v) is 5.53. The molecule has 0 radical (unpaired) electrons. The number of nitriles is 1. The van der Waals surface area contributed by atoms with Crippen LogP contribution in [-0.2, 0) is 11.0 Å². The fourth-order valence-electron chi connectivity index (χ4n) is 2.20. The highest BCUT2D eigenvalue weighted by Gasteiger charge is 2.33. The first-order valence-corrected chi connectivity index (χ1v) is 7.55. The number of nitro groups is 1. The summed E-state index contributed by atoms with van der Waals surface area (Å²) in [7, 11) is 0. The molecule has 10 heteroatoms. The second-order valence-electron chi connectivity index (χ2n) is 5.53. The van der Waals surface area contributed by atoms with Crippen molar-refractivity contribution in [3.05, 3.63) is 63.7 Å². The summed E-state index contributed by atoms with van der Waals surface area (Å²) < 4.78 is 38.2. The summed E-state index contributed by atoms with van der Waals surface area (Å²) in [4.78, 5) is 22.3. The number of hydrogen-bond donors (Lipinski definition) is 2. The number of rotatable bonds is 5. The number of halogens is 3. The van der Waals surface area contributed by atoms with E-state index in [0.717, 1.165) is 6.07 Å². The number of nitrogens with zero attached hydrogens (tertiary/aromatic N) is 2. The van der Waals surface area contributed by atoms with E-state index >= 15 is 0 Å². The van der Waals surface area contributed by atoms with E-state index in [2.05, 4.69) is 10.6 Å². The minimum Gasteiger partial charge on any atom is -0.368 e. The van der Waals surface area contributed by atoms with Gasteiger partial charge in [0, 0.05) is 11.8 Å². The molecule has 140 valence electrons. The first kappa shape index (κ1) is 19.7. The third kappa shape index (κ3) is 4.94. The van der Waals surface area contributed by atoms with Gasteiger partial charge in [0.2, 0.25) is 5.91 Å². The lowest BCUT2D eigenvalue weighted by Crippen LogP contribution is -2.32. The molecule has 0 aliphatic heterocycles. The van der Waals surface area contributed by atoms with Gasteiger partial charge in [0.15, 0.2) is 0 Å². The van der Waals surface area contributed by atoms with E-state index < -0.39 is 34.3 Å². The Kier molecular flexibility index (Phi) is 5.65. The number of benzene rings is 2. The van der Waals surface area contributed by atoms with Crippen LogP contribution < -0.4 is 10.6 Å². The third-order valence-electron chi connectivity index (χ3n) is 3.55. The number of carbonyl (C=O) groups excluding carboxylic acids is 1. The van der Waals surface area contributed by atoms with Gasteiger partial charge in [-0.15, -0.1) is 0 Å². The van der Waals surface area contributed by atoms with Crippen LogP contribution in [0.15, 0.2) is 42.5 Å². The monoisotopic (exact) mass is 378 g/mol. The zero-order valence-electron chi connectivity index (χ0n) is 13.9. The topological polar surface area (TPSA) is 108 Å². The maximum absolute atomic E-state index is 12.7. The second kappa shape index (κ2) is 7.74. The molecule has 0 aliphatic carbocycles. The lowest BCUT2D eigenvalue weighted by Gasteiger charge is -2.16. The van der Waals surface area contributed by atoms with E-state index in [-0.39, 0.29) is 5.69 Å². The van der Waals surface area contributed by atoms with Crippen LogP contribution in [0.4, 0.5) is 30.2 Å². The standard InChI is InChI=1S/C17H13F3N4O3/c1-10(16(25)23-13-4-2-3-11(7-13)9-21)22-14-6-5-12(17(18,19)20)8-15(14)24(26)27/h2-8,10,22H,1H3,(H,23,25)/t10-/m0/s1. The Morgan fingerprint density at radius 2 is 1.96 bits per heavy atom. The molecule has 0 saturated carbocycles. The summed E-state index contributed by atoms with van der Waals surface area (Å²) in [6.45, 7) is 1.39. The van der Waals surface area contributed by atoms with Crippen LogP contribution in [0.5, 0.6) is 0 Å². The predicted octanol–water partition coefficient (Wildman–Crippen LogP) is 3.92. The van der Waals surface area contributed by atoms with Crippen molar-refractivity contribution in [2.75, 3.05) is 10.6 Å². The van der Waals surface area contributed by atoms with Crippen molar-refractivity contribution in [1.29, 1.82) is 5.26 Å². The normalized spacial score (nSPS) is 12.0. The van der Waals surface area contributed by atoms with Gasteiger partial charge in [0.05, 0.1) is 22.1 Å². The molecule has 0 spiro atoms. The quantitative estimate of drug-likeness (QED) is 0.605.